The van der Waals surface area contributed by atoms with Crippen molar-refractivity contribution in [1.29, 1.82) is 0 Å². The normalized spacial score (nSPS) is 21.1. The van der Waals surface area contributed by atoms with E-state index < -0.39 is 59.0 Å². The number of carbonyl (C=O) groups excluding carboxylic acids is 7. The van der Waals surface area contributed by atoms with Gasteiger partial charge in [-0.1, -0.05) is 115 Å². The van der Waals surface area contributed by atoms with Crippen molar-refractivity contribution in [3.8, 4) is 5.75 Å². The number of ether oxygens (including phenoxy) is 1. The summed E-state index contributed by atoms with van der Waals surface area (Å²) in [6.45, 7) is 17.7. The van der Waals surface area contributed by atoms with Gasteiger partial charge in [0.15, 0.2) is 0 Å². The Morgan fingerprint density at radius 3 is 1.73 bits per heavy atom. The van der Waals surface area contributed by atoms with Crippen molar-refractivity contribution >= 4 is 41.4 Å². The molecule has 4 aliphatic rings. The summed E-state index contributed by atoms with van der Waals surface area (Å²) in [6, 6.07) is 23.4. The highest BCUT2D eigenvalue weighted by atomic mass is 16.5. The number of nitrogens with one attached hydrogen (secondary N) is 7. The summed E-state index contributed by atoms with van der Waals surface area (Å²) in [4.78, 5) is 102. The van der Waals surface area contributed by atoms with Crippen LogP contribution in [0.1, 0.15) is 156 Å². The number of rotatable bonds is 18. The Morgan fingerprint density at radius 2 is 1.17 bits per heavy atom. The van der Waals surface area contributed by atoms with Gasteiger partial charge in [0, 0.05) is 31.1 Å². The van der Waals surface area contributed by atoms with E-state index in [4.69, 9.17) is 4.74 Å². The van der Waals surface area contributed by atoms with E-state index >= 15 is 0 Å². The standard InChI is InChI=1S/C64H85N9O8/c1-11-66-39(3)57(75)71-54(63(4,5)6)61(79)72-35-45-32-47(31-30-44(45)33-52(72)59(77)68-50-24-16-20-41-18-12-14-22-48(41)50)81-37-40-26-28-43(29-27-40)58(76)67-46-34-53(60(78)69-51-25-17-21-42-19-13-15-23-49(42)51)73(36-46)62(80)55(64(7,8)9)70-56(74)38(2)65-10/h12-15,18-19,22-23,26-32,38-39,46,50-55,65-66H,11,16-17,20-21,24-25,33-37H2,1-10H3,(H,67,76)(H,68,77)(H,69,78)(H,70,74)(H,71,75)/t38-,39-,46-,50+,51+,52-,53-,54+,55?/m0/s1. The van der Waals surface area contributed by atoms with Crippen LogP contribution in [-0.2, 0) is 61.2 Å². The van der Waals surface area contributed by atoms with Crippen molar-refractivity contribution in [2.45, 2.75) is 181 Å². The fourth-order valence-corrected chi connectivity index (χ4v) is 11.8. The molecule has 0 saturated carbocycles. The number of hydrogen-bond donors (Lipinski definition) is 7. The zero-order valence-corrected chi connectivity index (χ0v) is 49.0. The summed E-state index contributed by atoms with van der Waals surface area (Å²) in [5, 5.41) is 21.7. The van der Waals surface area contributed by atoms with Crippen LogP contribution in [0.4, 0.5) is 0 Å². The molecule has 1 saturated heterocycles. The lowest BCUT2D eigenvalue weighted by Gasteiger charge is -2.42. The van der Waals surface area contributed by atoms with Crippen LogP contribution in [0, 0.1) is 10.8 Å². The van der Waals surface area contributed by atoms with Crippen molar-refractivity contribution in [3.05, 3.63) is 136 Å². The van der Waals surface area contributed by atoms with Gasteiger partial charge in [-0.2, -0.15) is 0 Å². The SMILES string of the molecule is CCN[C@@H](C)C(=O)N[C@H](C(=O)N1Cc2cc(OCc3ccc(C(=O)N[C@H]4C[C@@H](C(=O)N[C@@H]5CCCc6ccccc65)N(C(=O)C(NC(=O)[C@H](C)NC)C(C)(C)C)C4)cc3)ccc2C[C@H]1C(=O)N[C@@H]1CCCc2ccccc21)C(C)(C)C. The number of fused-ring (bicyclic) bond motifs is 3. The molecule has 2 aliphatic heterocycles. The lowest BCUT2D eigenvalue weighted by molar-refractivity contribution is -0.147. The summed E-state index contributed by atoms with van der Waals surface area (Å²) in [7, 11) is 1.67. The average molecular weight is 1110 g/mol. The van der Waals surface area contributed by atoms with Crippen LogP contribution in [-0.4, -0.2) is 114 Å². The molecule has 0 spiro atoms. The van der Waals surface area contributed by atoms with E-state index in [1.807, 2.05) is 109 Å². The van der Waals surface area contributed by atoms with Crippen LogP contribution >= 0.6 is 0 Å². The topological polar surface area (TPSA) is 219 Å². The number of likely N-dealkylation sites (N-methyl/N-ethyl adjacent to an activating group) is 2. The second-order valence-corrected chi connectivity index (χ2v) is 24.7. The molecule has 8 rings (SSSR count). The fourth-order valence-electron chi connectivity index (χ4n) is 11.8. The fraction of sp³-hybridized carbons (Fsp3) is 0.516. The van der Waals surface area contributed by atoms with Crippen molar-refractivity contribution in [1.82, 2.24) is 47.0 Å². The van der Waals surface area contributed by atoms with Crippen molar-refractivity contribution < 1.29 is 38.3 Å². The maximum atomic E-state index is 14.9. The first-order valence-electron chi connectivity index (χ1n) is 29.1. The van der Waals surface area contributed by atoms with Gasteiger partial charge in [-0.3, -0.25) is 33.6 Å². The molecular formula is C64H85N9O8. The Kier molecular flexibility index (Phi) is 19.1. The molecule has 1 fully saturated rings. The Morgan fingerprint density at radius 1 is 0.630 bits per heavy atom. The minimum atomic E-state index is -0.948. The minimum absolute atomic E-state index is 0.0691. The Balaban J connectivity index is 0.957. The van der Waals surface area contributed by atoms with Gasteiger partial charge in [-0.25, -0.2) is 0 Å². The van der Waals surface area contributed by atoms with Crippen LogP contribution in [0.2, 0.25) is 0 Å². The molecule has 434 valence electrons. The third-order valence-electron chi connectivity index (χ3n) is 16.6. The summed E-state index contributed by atoms with van der Waals surface area (Å²) < 4.78 is 6.35. The second-order valence-electron chi connectivity index (χ2n) is 24.7. The summed E-state index contributed by atoms with van der Waals surface area (Å²) in [5.74, 6) is -1.74. The number of likely N-dealkylation sites (tertiary alicyclic amines) is 1. The molecule has 4 aromatic rings. The molecule has 7 amide bonds. The molecule has 7 N–H and O–H groups in total. The minimum Gasteiger partial charge on any atom is -0.489 e. The highest BCUT2D eigenvalue weighted by Gasteiger charge is 2.47. The number of amides is 7. The van der Waals surface area contributed by atoms with Crippen LogP contribution in [0.5, 0.6) is 5.75 Å². The first-order chi connectivity index (χ1) is 38.5. The van der Waals surface area contributed by atoms with E-state index in [0.29, 0.717) is 17.9 Å². The molecule has 4 aromatic carbocycles. The highest BCUT2D eigenvalue weighted by molar-refractivity contribution is 5.97. The monoisotopic (exact) mass is 1110 g/mol. The lowest BCUT2D eigenvalue weighted by atomic mass is 9.83. The van der Waals surface area contributed by atoms with Gasteiger partial charge < -0.3 is 51.8 Å². The molecule has 9 atom stereocenters. The zero-order valence-electron chi connectivity index (χ0n) is 49.0. The predicted molar refractivity (Wildman–Crippen MR) is 312 cm³/mol. The smallest absolute Gasteiger partial charge is 0.251 e. The zero-order chi connectivity index (χ0) is 58.3. The van der Waals surface area contributed by atoms with Gasteiger partial charge in [0.25, 0.3) is 5.91 Å². The van der Waals surface area contributed by atoms with Crippen LogP contribution in [0.3, 0.4) is 0 Å². The predicted octanol–water partition coefficient (Wildman–Crippen LogP) is 6.27. The third-order valence-corrected chi connectivity index (χ3v) is 16.6. The second kappa shape index (κ2) is 25.8. The van der Waals surface area contributed by atoms with Gasteiger partial charge in [0.05, 0.1) is 24.2 Å². The van der Waals surface area contributed by atoms with E-state index in [1.54, 1.807) is 37.9 Å². The first kappa shape index (κ1) is 60.0. The molecule has 0 aromatic heterocycles. The van der Waals surface area contributed by atoms with Crippen molar-refractivity contribution in [2.24, 2.45) is 10.8 Å². The third kappa shape index (κ3) is 14.3. The van der Waals surface area contributed by atoms with E-state index in [9.17, 15) is 33.6 Å². The molecule has 0 bridgehead atoms. The van der Waals surface area contributed by atoms with E-state index in [-0.39, 0.29) is 80.1 Å². The molecule has 17 nitrogen and oxygen atoms in total. The number of carbonyl (C=O) groups is 7. The first-order valence-corrected chi connectivity index (χ1v) is 29.1. The summed E-state index contributed by atoms with van der Waals surface area (Å²) in [5.41, 5.74) is 6.09. The van der Waals surface area contributed by atoms with Gasteiger partial charge >= 0.3 is 0 Å². The van der Waals surface area contributed by atoms with Gasteiger partial charge in [-0.15, -0.1) is 0 Å². The van der Waals surface area contributed by atoms with E-state index in [1.165, 1.54) is 16.0 Å². The van der Waals surface area contributed by atoms with Crippen LogP contribution in [0.15, 0.2) is 91.0 Å². The molecule has 0 radical (unpaired) electrons. The summed E-state index contributed by atoms with van der Waals surface area (Å²) in [6.07, 6.45) is 5.73. The highest BCUT2D eigenvalue weighted by Crippen LogP contribution is 2.35. The molecule has 2 heterocycles. The number of benzene rings is 4. The molecular weight excluding hydrogens is 1020 g/mol. The summed E-state index contributed by atoms with van der Waals surface area (Å²) >= 11 is 0. The molecule has 2 aliphatic carbocycles. The van der Waals surface area contributed by atoms with Gasteiger partial charge in [-0.05, 0) is 146 Å². The Hall–Kier alpha value is -7.11. The van der Waals surface area contributed by atoms with Crippen LogP contribution < -0.4 is 42.0 Å². The average Bonchev–Trinajstić information content (AvgIpc) is 4.14. The molecule has 1 unspecified atom stereocenters. The van der Waals surface area contributed by atoms with Gasteiger partial charge in [0.2, 0.25) is 35.4 Å². The molecule has 81 heavy (non-hydrogen) atoms. The number of hydrogen-bond acceptors (Lipinski definition) is 10. The molecule has 17 heteroatoms. The number of nitrogens with zero attached hydrogens (tertiary/aromatic N) is 2. The van der Waals surface area contributed by atoms with Crippen LogP contribution in [0.25, 0.3) is 0 Å². The van der Waals surface area contributed by atoms with E-state index in [0.717, 1.165) is 66.3 Å². The van der Waals surface area contributed by atoms with E-state index in [2.05, 4.69) is 55.4 Å². The number of aryl methyl sites for hydroxylation is 2. The maximum absolute atomic E-state index is 14.9. The van der Waals surface area contributed by atoms with Gasteiger partial charge in [0.1, 0.15) is 36.5 Å². The maximum Gasteiger partial charge on any atom is 0.251 e. The lowest BCUT2D eigenvalue weighted by Crippen LogP contribution is -2.62. The quantitative estimate of drug-likeness (QED) is 0.0592. The van der Waals surface area contributed by atoms with Crippen molar-refractivity contribution in [3.63, 3.8) is 0 Å². The largest absolute Gasteiger partial charge is 0.489 e. The Labute approximate surface area is 478 Å². The Bertz CT molecular complexity index is 2950. The van der Waals surface area contributed by atoms with Crippen molar-refractivity contribution in [2.75, 3.05) is 20.1 Å².